The molecular weight excluding hydrogens is 404 g/mol. The first-order valence-corrected chi connectivity index (χ1v) is 10.4. The third-order valence-corrected chi connectivity index (χ3v) is 5.07. The molecule has 1 heterocycles. The molecule has 0 spiro atoms. The summed E-state index contributed by atoms with van der Waals surface area (Å²) in [6.45, 7) is 10.5. The summed E-state index contributed by atoms with van der Waals surface area (Å²) in [4.78, 5) is 24.4. The lowest BCUT2D eigenvalue weighted by Gasteiger charge is -2.13. The van der Waals surface area contributed by atoms with Crippen LogP contribution in [0.3, 0.4) is 0 Å². The molecule has 0 aliphatic carbocycles. The standard InChI is InChI=1S/C25H28N4O3/c1-6-32-23-10-8-7-9-21(23)27-24(30)25(31)28-26-15-20-14-18(4)29(19(20)5)22-12-11-16(2)13-17(22)3/h7-15H,6H2,1-5H3,(H,27,30)(H,28,31)/b26-15-. The lowest BCUT2D eigenvalue weighted by atomic mass is 10.1. The van der Waals surface area contributed by atoms with Gasteiger partial charge in [0.05, 0.1) is 18.5 Å². The Hall–Kier alpha value is -3.87. The molecule has 0 atom stereocenters. The summed E-state index contributed by atoms with van der Waals surface area (Å²) in [5.41, 5.74) is 9.08. The van der Waals surface area contributed by atoms with Crippen LogP contribution in [0.1, 0.15) is 35.0 Å². The Morgan fingerprint density at radius 2 is 1.78 bits per heavy atom. The maximum atomic E-state index is 12.2. The summed E-state index contributed by atoms with van der Waals surface area (Å²) in [6.07, 6.45) is 1.54. The van der Waals surface area contributed by atoms with Crippen LogP contribution >= 0.6 is 0 Å². The molecule has 3 rings (SSSR count). The summed E-state index contributed by atoms with van der Waals surface area (Å²) in [7, 11) is 0. The van der Waals surface area contributed by atoms with Crippen LogP contribution in [0.15, 0.2) is 53.6 Å². The molecule has 2 amide bonds. The monoisotopic (exact) mass is 432 g/mol. The third kappa shape index (κ3) is 5.06. The van der Waals surface area contributed by atoms with Gasteiger partial charge in [0.1, 0.15) is 5.75 Å². The minimum atomic E-state index is -0.865. The van der Waals surface area contributed by atoms with Gasteiger partial charge in [-0.3, -0.25) is 9.59 Å². The SMILES string of the molecule is CCOc1ccccc1NC(=O)C(=O)N/N=C\c1cc(C)n(-c2ccc(C)cc2C)c1C. The van der Waals surface area contributed by atoms with Gasteiger partial charge >= 0.3 is 11.8 Å². The van der Waals surface area contributed by atoms with E-state index in [1.807, 2.05) is 26.8 Å². The smallest absolute Gasteiger partial charge is 0.329 e. The molecule has 2 N–H and O–H groups in total. The summed E-state index contributed by atoms with van der Waals surface area (Å²) < 4.78 is 7.60. The number of hydrogen-bond donors (Lipinski definition) is 2. The van der Waals surface area contributed by atoms with Crippen LogP contribution in [-0.2, 0) is 9.59 Å². The number of hydrazone groups is 1. The quantitative estimate of drug-likeness (QED) is 0.348. The molecule has 0 aliphatic heterocycles. The number of nitrogens with zero attached hydrogens (tertiary/aromatic N) is 2. The van der Waals surface area contributed by atoms with Gasteiger partial charge in [-0.1, -0.05) is 29.8 Å². The van der Waals surface area contributed by atoms with Crippen molar-refractivity contribution in [3.05, 3.63) is 76.6 Å². The molecule has 0 unspecified atom stereocenters. The molecule has 0 saturated heterocycles. The molecule has 1 aromatic heterocycles. The summed E-state index contributed by atoms with van der Waals surface area (Å²) in [6, 6.07) is 15.2. The summed E-state index contributed by atoms with van der Waals surface area (Å²) in [5, 5.41) is 6.53. The van der Waals surface area contributed by atoms with Crippen LogP contribution < -0.4 is 15.5 Å². The maximum Gasteiger partial charge on any atom is 0.329 e. The van der Waals surface area contributed by atoms with Gasteiger partial charge in [0, 0.05) is 22.6 Å². The van der Waals surface area contributed by atoms with E-state index in [4.69, 9.17) is 4.74 Å². The van der Waals surface area contributed by atoms with E-state index in [1.54, 1.807) is 30.5 Å². The fraction of sp³-hybridized carbons (Fsp3) is 0.240. The third-order valence-electron chi connectivity index (χ3n) is 5.07. The van der Waals surface area contributed by atoms with E-state index in [-0.39, 0.29) is 0 Å². The van der Waals surface area contributed by atoms with Gasteiger partial charge in [0.15, 0.2) is 0 Å². The van der Waals surface area contributed by atoms with Gasteiger partial charge in [0.2, 0.25) is 0 Å². The predicted octanol–water partition coefficient (Wildman–Crippen LogP) is 4.20. The number of aromatic nitrogens is 1. The fourth-order valence-electron chi connectivity index (χ4n) is 3.59. The van der Waals surface area contributed by atoms with Crippen molar-refractivity contribution in [2.75, 3.05) is 11.9 Å². The number of nitrogens with one attached hydrogen (secondary N) is 2. The van der Waals surface area contributed by atoms with E-state index in [0.717, 1.165) is 22.6 Å². The zero-order chi connectivity index (χ0) is 23.3. The second kappa shape index (κ2) is 9.96. The molecule has 0 saturated carbocycles. The molecule has 166 valence electrons. The largest absolute Gasteiger partial charge is 0.492 e. The van der Waals surface area contributed by atoms with Crippen molar-refractivity contribution < 1.29 is 14.3 Å². The number of benzene rings is 2. The number of carbonyl (C=O) groups is 2. The second-order valence-electron chi connectivity index (χ2n) is 7.53. The highest BCUT2D eigenvalue weighted by atomic mass is 16.5. The zero-order valence-electron chi connectivity index (χ0n) is 19.0. The molecule has 7 nitrogen and oxygen atoms in total. The predicted molar refractivity (Wildman–Crippen MR) is 127 cm³/mol. The minimum absolute atomic E-state index is 0.426. The Morgan fingerprint density at radius 3 is 2.50 bits per heavy atom. The van der Waals surface area contributed by atoms with Crippen molar-refractivity contribution in [1.29, 1.82) is 0 Å². The van der Waals surface area contributed by atoms with Crippen LogP contribution in [0.4, 0.5) is 5.69 Å². The van der Waals surface area contributed by atoms with Gasteiger partial charge in [-0.05, 0) is 64.4 Å². The first-order valence-electron chi connectivity index (χ1n) is 10.4. The lowest BCUT2D eigenvalue weighted by molar-refractivity contribution is -0.136. The van der Waals surface area contributed by atoms with Crippen LogP contribution in [0.5, 0.6) is 5.75 Å². The molecule has 0 aliphatic rings. The highest BCUT2D eigenvalue weighted by Crippen LogP contribution is 2.24. The summed E-state index contributed by atoms with van der Waals surface area (Å²) in [5.74, 6) is -1.19. The van der Waals surface area contributed by atoms with E-state index < -0.39 is 11.8 Å². The molecule has 0 bridgehead atoms. The Labute approximate surface area is 188 Å². The van der Waals surface area contributed by atoms with Crippen LogP contribution in [0.25, 0.3) is 5.69 Å². The lowest BCUT2D eigenvalue weighted by Crippen LogP contribution is -2.32. The number of carbonyl (C=O) groups excluding carboxylic acids is 2. The Bertz CT molecular complexity index is 1180. The zero-order valence-corrected chi connectivity index (χ0v) is 19.0. The molecule has 3 aromatic rings. The molecule has 0 fully saturated rings. The Balaban J connectivity index is 1.70. The van der Waals surface area contributed by atoms with Gasteiger partial charge in [-0.15, -0.1) is 0 Å². The average Bonchev–Trinajstić information content (AvgIpc) is 3.03. The Kier molecular flexibility index (Phi) is 7.10. The number of amides is 2. The van der Waals surface area contributed by atoms with E-state index in [1.165, 1.54) is 11.1 Å². The molecule has 32 heavy (non-hydrogen) atoms. The van der Waals surface area contributed by atoms with Crippen molar-refractivity contribution in [2.24, 2.45) is 5.10 Å². The van der Waals surface area contributed by atoms with Gasteiger partial charge in [0.25, 0.3) is 0 Å². The first kappa shape index (κ1) is 22.8. The van der Waals surface area contributed by atoms with Gasteiger partial charge in [-0.25, -0.2) is 5.43 Å². The average molecular weight is 433 g/mol. The van der Waals surface area contributed by atoms with Crippen molar-refractivity contribution in [3.63, 3.8) is 0 Å². The van der Waals surface area contributed by atoms with Crippen LogP contribution in [0, 0.1) is 27.7 Å². The second-order valence-corrected chi connectivity index (χ2v) is 7.53. The summed E-state index contributed by atoms with van der Waals surface area (Å²) >= 11 is 0. The van der Waals surface area contributed by atoms with Crippen molar-refractivity contribution in [3.8, 4) is 11.4 Å². The van der Waals surface area contributed by atoms with Crippen molar-refractivity contribution in [2.45, 2.75) is 34.6 Å². The van der Waals surface area contributed by atoms with E-state index in [2.05, 4.69) is 52.5 Å². The number of rotatable bonds is 6. The number of anilines is 1. The van der Waals surface area contributed by atoms with E-state index in [0.29, 0.717) is 18.0 Å². The van der Waals surface area contributed by atoms with Gasteiger partial charge < -0.3 is 14.6 Å². The number of hydrogen-bond acceptors (Lipinski definition) is 4. The highest BCUT2D eigenvalue weighted by molar-refractivity contribution is 6.39. The van der Waals surface area contributed by atoms with Crippen LogP contribution in [0.2, 0.25) is 0 Å². The first-order chi connectivity index (χ1) is 15.3. The minimum Gasteiger partial charge on any atom is -0.492 e. The molecule has 0 radical (unpaired) electrons. The topological polar surface area (TPSA) is 84.7 Å². The van der Waals surface area contributed by atoms with Crippen molar-refractivity contribution >= 4 is 23.7 Å². The van der Waals surface area contributed by atoms with Crippen LogP contribution in [-0.4, -0.2) is 29.2 Å². The normalized spacial score (nSPS) is 10.9. The molecule has 2 aromatic carbocycles. The molecule has 7 heteroatoms. The number of aryl methyl sites for hydroxylation is 3. The maximum absolute atomic E-state index is 12.2. The van der Waals surface area contributed by atoms with E-state index >= 15 is 0 Å². The Morgan fingerprint density at radius 1 is 1.03 bits per heavy atom. The number of ether oxygens (including phenoxy) is 1. The van der Waals surface area contributed by atoms with Crippen molar-refractivity contribution in [1.82, 2.24) is 9.99 Å². The highest BCUT2D eigenvalue weighted by Gasteiger charge is 2.16. The number of para-hydroxylation sites is 2. The molecular formula is C25H28N4O3. The van der Waals surface area contributed by atoms with E-state index in [9.17, 15) is 9.59 Å². The fourth-order valence-corrected chi connectivity index (χ4v) is 3.59. The van der Waals surface area contributed by atoms with Gasteiger partial charge in [-0.2, -0.15) is 5.10 Å².